The number of anilines is 1. The summed E-state index contributed by atoms with van der Waals surface area (Å²) in [6, 6.07) is 0. The van der Waals surface area contributed by atoms with Crippen LogP contribution in [-0.2, 0) is 0 Å². The molecule has 1 aliphatic rings. The zero-order chi connectivity index (χ0) is 13.6. The number of thiophene rings is 1. The molecule has 6 nitrogen and oxygen atoms in total. The van der Waals surface area contributed by atoms with Gasteiger partial charge in [0.05, 0.1) is 17.5 Å². The van der Waals surface area contributed by atoms with Gasteiger partial charge in [0, 0.05) is 0 Å². The van der Waals surface area contributed by atoms with E-state index < -0.39 is 5.97 Å². The van der Waals surface area contributed by atoms with Crippen LogP contribution in [0.15, 0.2) is 6.33 Å². The van der Waals surface area contributed by atoms with Crippen molar-refractivity contribution in [1.82, 2.24) is 9.97 Å². The molecule has 0 bridgehead atoms. The number of carbonyl (C=O) groups is 1. The molecule has 2 heterocycles. The number of aromatic nitrogens is 2. The Balaban J connectivity index is 2.12. The molecule has 1 aliphatic carbocycles. The van der Waals surface area contributed by atoms with Crippen LogP contribution < -0.4 is 5.32 Å². The molecule has 19 heavy (non-hydrogen) atoms. The van der Waals surface area contributed by atoms with Crippen LogP contribution in [0.1, 0.15) is 28.1 Å². The summed E-state index contributed by atoms with van der Waals surface area (Å²) in [5.41, 5.74) is 0.378. The average molecular weight is 279 g/mol. The highest BCUT2D eigenvalue weighted by Crippen LogP contribution is 2.41. The Morgan fingerprint density at radius 3 is 2.84 bits per heavy atom. The predicted octanol–water partition coefficient (Wildman–Crippen LogP) is 1.63. The van der Waals surface area contributed by atoms with E-state index in [1.165, 1.54) is 6.33 Å². The molecular formula is C12H13N3O3S. The van der Waals surface area contributed by atoms with E-state index >= 15 is 0 Å². The van der Waals surface area contributed by atoms with E-state index in [0.717, 1.165) is 29.6 Å². The molecule has 0 unspecified atom stereocenters. The fourth-order valence-electron chi connectivity index (χ4n) is 2.10. The first-order chi connectivity index (χ1) is 9.06. The Bertz CT molecular complexity index is 664. The van der Waals surface area contributed by atoms with Crippen molar-refractivity contribution in [2.75, 3.05) is 11.9 Å². The molecule has 0 amide bonds. The van der Waals surface area contributed by atoms with Crippen molar-refractivity contribution in [3.63, 3.8) is 0 Å². The van der Waals surface area contributed by atoms with Crippen LogP contribution in [0.25, 0.3) is 10.2 Å². The first kappa shape index (κ1) is 12.3. The first-order valence-corrected chi connectivity index (χ1v) is 6.74. The van der Waals surface area contributed by atoms with Gasteiger partial charge >= 0.3 is 5.97 Å². The van der Waals surface area contributed by atoms with Gasteiger partial charge in [-0.15, -0.1) is 11.3 Å². The fourth-order valence-corrected chi connectivity index (χ4v) is 3.08. The van der Waals surface area contributed by atoms with E-state index in [0.29, 0.717) is 16.2 Å². The Hall–Kier alpha value is -1.73. The predicted molar refractivity (Wildman–Crippen MR) is 71.8 cm³/mol. The summed E-state index contributed by atoms with van der Waals surface area (Å²) in [4.78, 5) is 20.4. The molecule has 3 rings (SSSR count). The number of carboxylic acids is 1. The van der Waals surface area contributed by atoms with Gasteiger partial charge < -0.3 is 15.5 Å². The monoisotopic (exact) mass is 279 g/mol. The maximum absolute atomic E-state index is 11.2. The van der Waals surface area contributed by atoms with Gasteiger partial charge in [0.2, 0.25) is 0 Å². The Morgan fingerprint density at radius 2 is 2.26 bits per heavy atom. The molecule has 1 fully saturated rings. The molecule has 0 aromatic carbocycles. The van der Waals surface area contributed by atoms with Gasteiger partial charge in [-0.05, 0) is 25.3 Å². The highest BCUT2D eigenvalue weighted by molar-refractivity contribution is 7.20. The number of aromatic carboxylic acids is 1. The fraction of sp³-hybridized carbons (Fsp3) is 0.417. The molecule has 0 atom stereocenters. The number of fused-ring (bicyclic) bond motifs is 1. The van der Waals surface area contributed by atoms with E-state index in [2.05, 4.69) is 15.3 Å². The maximum Gasteiger partial charge on any atom is 0.346 e. The molecule has 0 aliphatic heterocycles. The molecule has 2 aromatic rings. The molecule has 100 valence electrons. The maximum atomic E-state index is 11.2. The van der Waals surface area contributed by atoms with E-state index in [4.69, 9.17) is 5.11 Å². The first-order valence-electron chi connectivity index (χ1n) is 5.93. The lowest BCUT2D eigenvalue weighted by Gasteiger charge is -2.15. The number of carboxylic acid groups (broad SMARTS) is 1. The van der Waals surface area contributed by atoms with Gasteiger partial charge in [-0.25, -0.2) is 14.8 Å². The number of aryl methyl sites for hydroxylation is 1. The second kappa shape index (κ2) is 4.14. The minimum Gasteiger partial charge on any atom is -0.477 e. The van der Waals surface area contributed by atoms with Crippen LogP contribution in [0.5, 0.6) is 0 Å². The van der Waals surface area contributed by atoms with Crippen molar-refractivity contribution >= 4 is 33.3 Å². The van der Waals surface area contributed by atoms with Gasteiger partial charge in [-0.2, -0.15) is 0 Å². The molecule has 3 N–H and O–H groups in total. The number of aliphatic hydroxyl groups is 1. The summed E-state index contributed by atoms with van der Waals surface area (Å²) in [5, 5.41) is 22.5. The van der Waals surface area contributed by atoms with Crippen LogP contribution in [0.2, 0.25) is 0 Å². The summed E-state index contributed by atoms with van der Waals surface area (Å²) < 4.78 is 0. The lowest BCUT2D eigenvalue weighted by Crippen LogP contribution is -2.26. The van der Waals surface area contributed by atoms with Crippen molar-refractivity contribution < 1.29 is 15.0 Å². The number of nitrogens with zero attached hydrogens (tertiary/aromatic N) is 2. The number of hydrogen-bond acceptors (Lipinski definition) is 6. The van der Waals surface area contributed by atoms with Crippen LogP contribution in [-0.4, -0.2) is 38.3 Å². The normalized spacial score (nSPS) is 16.5. The minimum absolute atomic E-state index is 0.0491. The summed E-state index contributed by atoms with van der Waals surface area (Å²) in [7, 11) is 0. The van der Waals surface area contributed by atoms with Crippen LogP contribution in [0.4, 0.5) is 5.82 Å². The van der Waals surface area contributed by atoms with E-state index in [-0.39, 0.29) is 17.0 Å². The highest BCUT2D eigenvalue weighted by atomic mass is 32.1. The highest BCUT2D eigenvalue weighted by Gasteiger charge is 2.42. The molecule has 2 aromatic heterocycles. The minimum atomic E-state index is -0.949. The van der Waals surface area contributed by atoms with Crippen LogP contribution in [0, 0.1) is 6.92 Å². The zero-order valence-corrected chi connectivity index (χ0v) is 11.1. The van der Waals surface area contributed by atoms with Crippen molar-refractivity contribution in [3.8, 4) is 0 Å². The lowest BCUT2D eigenvalue weighted by molar-refractivity contribution is 0.0701. The molecule has 1 saturated carbocycles. The third kappa shape index (κ3) is 1.95. The van der Waals surface area contributed by atoms with Crippen molar-refractivity contribution in [2.45, 2.75) is 25.3 Å². The third-order valence-corrected chi connectivity index (χ3v) is 4.65. The summed E-state index contributed by atoms with van der Waals surface area (Å²) >= 11 is 1.15. The molecule has 0 radical (unpaired) electrons. The standard InChI is InChI=1S/C12H13N3O3S/c1-6-7-9(15-12(4-16)2-3-12)13-5-14-10(7)19-8(6)11(17)18/h5,16H,2-4H2,1H3,(H,17,18)(H,13,14,15). The average Bonchev–Trinajstić information content (AvgIpc) is 3.07. The van der Waals surface area contributed by atoms with Crippen molar-refractivity contribution in [2.24, 2.45) is 0 Å². The van der Waals surface area contributed by atoms with Crippen LogP contribution >= 0.6 is 11.3 Å². The number of nitrogens with one attached hydrogen (secondary N) is 1. The molecule has 0 saturated heterocycles. The van der Waals surface area contributed by atoms with E-state index in [1.807, 2.05) is 0 Å². The number of hydrogen-bond donors (Lipinski definition) is 3. The van der Waals surface area contributed by atoms with Crippen molar-refractivity contribution in [3.05, 3.63) is 16.8 Å². The lowest BCUT2D eigenvalue weighted by atomic mass is 10.2. The Kier molecular flexibility index (Phi) is 2.68. The summed E-state index contributed by atoms with van der Waals surface area (Å²) in [5.74, 6) is -0.340. The molecule has 0 spiro atoms. The molecular weight excluding hydrogens is 266 g/mol. The SMILES string of the molecule is Cc1c(C(=O)O)sc2ncnc(NC3(CO)CC3)c12. The van der Waals surface area contributed by atoms with Crippen molar-refractivity contribution in [1.29, 1.82) is 0 Å². The van der Waals surface area contributed by atoms with Gasteiger partial charge in [0.15, 0.2) is 0 Å². The number of aliphatic hydroxyl groups excluding tert-OH is 1. The third-order valence-electron chi connectivity index (χ3n) is 3.46. The number of rotatable bonds is 4. The smallest absolute Gasteiger partial charge is 0.346 e. The Morgan fingerprint density at radius 1 is 1.53 bits per heavy atom. The van der Waals surface area contributed by atoms with Gasteiger partial charge in [0.1, 0.15) is 21.9 Å². The Labute approximate surface area is 113 Å². The summed E-state index contributed by atoms with van der Waals surface area (Å²) in [6.45, 7) is 1.81. The van der Waals surface area contributed by atoms with E-state index in [1.54, 1.807) is 6.92 Å². The largest absolute Gasteiger partial charge is 0.477 e. The van der Waals surface area contributed by atoms with E-state index in [9.17, 15) is 9.90 Å². The van der Waals surface area contributed by atoms with Crippen LogP contribution in [0.3, 0.4) is 0 Å². The summed E-state index contributed by atoms with van der Waals surface area (Å²) in [6.07, 6.45) is 3.20. The molecule has 7 heteroatoms. The van der Waals surface area contributed by atoms with Gasteiger partial charge in [0.25, 0.3) is 0 Å². The van der Waals surface area contributed by atoms with Gasteiger partial charge in [-0.1, -0.05) is 0 Å². The zero-order valence-electron chi connectivity index (χ0n) is 10.3. The van der Waals surface area contributed by atoms with Gasteiger partial charge in [-0.3, -0.25) is 0 Å². The second-order valence-electron chi connectivity index (χ2n) is 4.83. The second-order valence-corrected chi connectivity index (χ2v) is 5.83. The topological polar surface area (TPSA) is 95.3 Å². The quantitative estimate of drug-likeness (QED) is 0.787.